The molecule has 0 spiro atoms. The predicted octanol–water partition coefficient (Wildman–Crippen LogP) is 2.25. The maximum atomic E-state index is 5.96. The smallest absolute Gasteiger partial charge is 0.201 e. The molecule has 90 valence electrons. The molecule has 0 radical (unpaired) electrons. The molecule has 4 N–H and O–H groups in total. The van der Waals surface area contributed by atoms with E-state index >= 15 is 0 Å². The third-order valence-corrected chi connectivity index (χ3v) is 3.00. The van der Waals surface area contributed by atoms with Crippen LogP contribution in [0.4, 0.5) is 11.6 Å². The van der Waals surface area contributed by atoms with Crippen molar-refractivity contribution in [2.75, 3.05) is 11.5 Å². The van der Waals surface area contributed by atoms with Gasteiger partial charge in [-0.2, -0.15) is 0 Å². The minimum atomic E-state index is 0.535. The number of aromatic nitrogens is 2. The van der Waals surface area contributed by atoms with Gasteiger partial charge < -0.3 is 16.0 Å². The molecule has 0 amide bonds. The highest BCUT2D eigenvalue weighted by Crippen LogP contribution is 2.19. The highest BCUT2D eigenvalue weighted by atomic mass is 15.1. The van der Waals surface area contributed by atoms with Gasteiger partial charge in [-0.1, -0.05) is 24.3 Å². The number of nitrogens with zero attached hydrogens (tertiary/aromatic N) is 2. The van der Waals surface area contributed by atoms with Crippen LogP contribution in [0.5, 0.6) is 0 Å². The lowest BCUT2D eigenvalue weighted by Gasteiger charge is -2.06. The van der Waals surface area contributed by atoms with E-state index in [-0.39, 0.29) is 0 Å². The van der Waals surface area contributed by atoms with Crippen LogP contribution in [0.3, 0.4) is 0 Å². The van der Waals surface area contributed by atoms with Crippen molar-refractivity contribution >= 4 is 22.7 Å². The molecule has 0 unspecified atom stereocenters. The number of nitrogens with two attached hydrogens (primary N) is 2. The van der Waals surface area contributed by atoms with Crippen LogP contribution in [0.2, 0.25) is 0 Å². The van der Waals surface area contributed by atoms with Crippen molar-refractivity contribution in [3.05, 3.63) is 54.1 Å². The SMILES string of the molecule is Nc1ccc(Cn2c(N)nc3ccccc32)cc1. The van der Waals surface area contributed by atoms with Gasteiger partial charge in [0.25, 0.3) is 0 Å². The van der Waals surface area contributed by atoms with Gasteiger partial charge in [0, 0.05) is 5.69 Å². The van der Waals surface area contributed by atoms with Crippen LogP contribution in [0.25, 0.3) is 11.0 Å². The minimum absolute atomic E-state index is 0.535. The van der Waals surface area contributed by atoms with Crippen LogP contribution in [0, 0.1) is 0 Å². The Morgan fingerprint density at radius 2 is 1.67 bits per heavy atom. The number of imidazole rings is 1. The summed E-state index contributed by atoms with van der Waals surface area (Å²) in [6, 6.07) is 15.7. The van der Waals surface area contributed by atoms with Gasteiger partial charge in [0.1, 0.15) is 0 Å². The van der Waals surface area contributed by atoms with Crippen molar-refractivity contribution in [1.29, 1.82) is 0 Å². The summed E-state index contributed by atoms with van der Waals surface area (Å²) < 4.78 is 2.00. The van der Waals surface area contributed by atoms with Gasteiger partial charge in [0.05, 0.1) is 17.6 Å². The molecule has 0 aliphatic rings. The summed E-state index contributed by atoms with van der Waals surface area (Å²) in [6.07, 6.45) is 0. The van der Waals surface area contributed by atoms with E-state index in [1.807, 2.05) is 53.1 Å². The molecule has 2 aromatic carbocycles. The normalized spacial score (nSPS) is 10.9. The molecule has 4 heteroatoms. The van der Waals surface area contributed by atoms with Crippen molar-refractivity contribution in [2.24, 2.45) is 0 Å². The first-order chi connectivity index (χ1) is 8.74. The Hall–Kier alpha value is -2.49. The average Bonchev–Trinajstić information content (AvgIpc) is 2.69. The number of fused-ring (bicyclic) bond motifs is 1. The van der Waals surface area contributed by atoms with Gasteiger partial charge in [-0.25, -0.2) is 4.98 Å². The number of para-hydroxylation sites is 2. The lowest BCUT2D eigenvalue weighted by atomic mass is 10.2. The molecule has 0 saturated carbocycles. The first-order valence-electron chi connectivity index (χ1n) is 5.79. The largest absolute Gasteiger partial charge is 0.399 e. The van der Waals surface area contributed by atoms with Gasteiger partial charge in [0.15, 0.2) is 0 Å². The highest BCUT2D eigenvalue weighted by molar-refractivity contribution is 5.78. The second-order valence-corrected chi connectivity index (χ2v) is 4.29. The molecule has 4 nitrogen and oxygen atoms in total. The number of hydrogen-bond donors (Lipinski definition) is 2. The van der Waals surface area contributed by atoms with E-state index in [0.717, 1.165) is 22.3 Å². The summed E-state index contributed by atoms with van der Waals surface area (Å²) in [5.41, 5.74) is 15.5. The molecule has 0 atom stereocenters. The number of benzene rings is 2. The van der Waals surface area contributed by atoms with E-state index in [1.54, 1.807) is 0 Å². The highest BCUT2D eigenvalue weighted by Gasteiger charge is 2.07. The zero-order valence-corrected chi connectivity index (χ0v) is 9.88. The summed E-state index contributed by atoms with van der Waals surface area (Å²) in [5.74, 6) is 0.535. The molecule has 0 fully saturated rings. The predicted molar refractivity (Wildman–Crippen MR) is 74.1 cm³/mol. The third kappa shape index (κ3) is 1.78. The van der Waals surface area contributed by atoms with Gasteiger partial charge in [0.2, 0.25) is 5.95 Å². The fourth-order valence-electron chi connectivity index (χ4n) is 2.07. The van der Waals surface area contributed by atoms with E-state index in [4.69, 9.17) is 11.5 Å². The molecule has 0 saturated heterocycles. The average molecular weight is 238 g/mol. The molecule has 0 aliphatic heterocycles. The summed E-state index contributed by atoms with van der Waals surface area (Å²) >= 11 is 0. The van der Waals surface area contributed by atoms with Gasteiger partial charge in [-0.15, -0.1) is 0 Å². The van der Waals surface area contributed by atoms with Crippen molar-refractivity contribution in [1.82, 2.24) is 9.55 Å². The Bertz CT molecular complexity index is 683. The van der Waals surface area contributed by atoms with Crippen LogP contribution in [-0.2, 0) is 6.54 Å². The molecule has 0 aliphatic carbocycles. The quantitative estimate of drug-likeness (QED) is 0.673. The Labute approximate surface area is 105 Å². The molecular formula is C14H14N4. The van der Waals surface area contributed by atoms with E-state index in [1.165, 1.54) is 0 Å². The minimum Gasteiger partial charge on any atom is -0.399 e. The second kappa shape index (κ2) is 4.07. The van der Waals surface area contributed by atoms with E-state index in [9.17, 15) is 0 Å². The maximum absolute atomic E-state index is 5.96. The molecule has 1 heterocycles. The Balaban J connectivity index is 2.04. The molecule has 0 bridgehead atoms. The van der Waals surface area contributed by atoms with E-state index in [0.29, 0.717) is 12.5 Å². The first-order valence-corrected chi connectivity index (χ1v) is 5.79. The fraction of sp³-hybridized carbons (Fsp3) is 0.0714. The number of rotatable bonds is 2. The summed E-state index contributed by atoms with van der Waals surface area (Å²) in [7, 11) is 0. The monoisotopic (exact) mass is 238 g/mol. The summed E-state index contributed by atoms with van der Waals surface area (Å²) in [5, 5.41) is 0. The lowest BCUT2D eigenvalue weighted by molar-refractivity contribution is 0.838. The molecule has 3 rings (SSSR count). The number of anilines is 2. The van der Waals surface area contributed by atoms with Crippen molar-refractivity contribution in [3.63, 3.8) is 0 Å². The van der Waals surface area contributed by atoms with Gasteiger partial charge in [-0.3, -0.25) is 0 Å². The Morgan fingerprint density at radius 3 is 2.44 bits per heavy atom. The standard InChI is InChI=1S/C14H14N4/c15-11-7-5-10(6-8-11)9-18-13-4-2-1-3-12(13)17-14(18)16/h1-8H,9,15H2,(H2,16,17). The van der Waals surface area contributed by atoms with Crippen molar-refractivity contribution in [3.8, 4) is 0 Å². The zero-order valence-electron chi connectivity index (χ0n) is 9.88. The topological polar surface area (TPSA) is 69.9 Å². The van der Waals surface area contributed by atoms with Crippen LogP contribution < -0.4 is 11.5 Å². The summed E-state index contributed by atoms with van der Waals surface area (Å²) in [4.78, 5) is 4.34. The second-order valence-electron chi connectivity index (χ2n) is 4.29. The van der Waals surface area contributed by atoms with Gasteiger partial charge >= 0.3 is 0 Å². The molecule has 18 heavy (non-hydrogen) atoms. The zero-order chi connectivity index (χ0) is 12.5. The summed E-state index contributed by atoms with van der Waals surface area (Å²) in [6.45, 7) is 0.701. The molecular weight excluding hydrogens is 224 g/mol. The van der Waals surface area contributed by atoms with Crippen LogP contribution >= 0.6 is 0 Å². The maximum Gasteiger partial charge on any atom is 0.201 e. The van der Waals surface area contributed by atoms with E-state index < -0.39 is 0 Å². The van der Waals surface area contributed by atoms with Crippen molar-refractivity contribution in [2.45, 2.75) is 6.54 Å². The third-order valence-electron chi connectivity index (χ3n) is 3.00. The first kappa shape index (κ1) is 10.7. The van der Waals surface area contributed by atoms with Gasteiger partial charge in [-0.05, 0) is 29.8 Å². The van der Waals surface area contributed by atoms with Crippen LogP contribution in [0.15, 0.2) is 48.5 Å². The fourth-order valence-corrected chi connectivity index (χ4v) is 2.07. The number of nitrogen functional groups attached to an aromatic ring is 2. The number of hydrogen-bond acceptors (Lipinski definition) is 3. The van der Waals surface area contributed by atoms with E-state index in [2.05, 4.69) is 4.98 Å². The van der Waals surface area contributed by atoms with Crippen molar-refractivity contribution < 1.29 is 0 Å². The Kier molecular flexibility index (Phi) is 2.41. The van der Waals surface area contributed by atoms with Crippen LogP contribution in [0.1, 0.15) is 5.56 Å². The van der Waals surface area contributed by atoms with Crippen LogP contribution in [-0.4, -0.2) is 9.55 Å². The Morgan fingerprint density at radius 1 is 0.944 bits per heavy atom. The lowest BCUT2D eigenvalue weighted by Crippen LogP contribution is -2.04. The molecule has 3 aromatic rings. The molecule has 1 aromatic heterocycles.